The molecule has 4 nitrogen and oxygen atoms in total. The molecular formula is C13H12BrNO3. The Morgan fingerprint density at radius 1 is 1.33 bits per heavy atom. The fourth-order valence-corrected chi connectivity index (χ4v) is 2.08. The molecule has 18 heavy (non-hydrogen) atoms. The third-order valence-corrected chi connectivity index (χ3v) is 3.26. The molecule has 0 saturated carbocycles. The topological polar surface area (TPSA) is 62.5 Å². The van der Waals surface area contributed by atoms with E-state index in [1.165, 1.54) is 0 Å². The van der Waals surface area contributed by atoms with Crippen LogP contribution in [-0.4, -0.2) is 11.1 Å². The van der Waals surface area contributed by atoms with Gasteiger partial charge in [0.1, 0.15) is 0 Å². The van der Waals surface area contributed by atoms with Crippen LogP contribution in [0.15, 0.2) is 45.7 Å². The van der Waals surface area contributed by atoms with Gasteiger partial charge in [0.15, 0.2) is 0 Å². The molecule has 0 fully saturated rings. The van der Waals surface area contributed by atoms with Crippen molar-refractivity contribution in [2.75, 3.05) is 0 Å². The lowest BCUT2D eigenvalue weighted by Gasteiger charge is -2.06. The Bertz CT molecular complexity index is 537. The van der Waals surface area contributed by atoms with Crippen molar-refractivity contribution in [2.45, 2.75) is 13.1 Å². The second-order valence-corrected chi connectivity index (χ2v) is 4.70. The van der Waals surface area contributed by atoms with Gasteiger partial charge < -0.3 is 14.8 Å². The summed E-state index contributed by atoms with van der Waals surface area (Å²) in [6.45, 7) is 1.37. The first kappa shape index (κ1) is 12.9. The van der Waals surface area contributed by atoms with Gasteiger partial charge in [-0.1, -0.05) is 22.0 Å². The first-order valence-electron chi connectivity index (χ1n) is 5.40. The summed E-state index contributed by atoms with van der Waals surface area (Å²) in [4.78, 5) is 10.8. The van der Waals surface area contributed by atoms with Gasteiger partial charge in [-0.3, -0.25) is 0 Å². The van der Waals surface area contributed by atoms with Gasteiger partial charge in [-0.25, -0.2) is 4.79 Å². The van der Waals surface area contributed by atoms with Crippen molar-refractivity contribution < 1.29 is 14.3 Å². The van der Waals surface area contributed by atoms with Crippen LogP contribution in [0.25, 0.3) is 0 Å². The quantitative estimate of drug-likeness (QED) is 0.891. The van der Waals surface area contributed by atoms with Crippen LogP contribution in [0.1, 0.15) is 21.5 Å². The van der Waals surface area contributed by atoms with E-state index >= 15 is 0 Å². The van der Waals surface area contributed by atoms with Crippen LogP contribution in [0.4, 0.5) is 0 Å². The summed E-state index contributed by atoms with van der Waals surface area (Å²) in [5.41, 5.74) is 2.37. The summed E-state index contributed by atoms with van der Waals surface area (Å²) in [5.74, 6) is -0.923. The average Bonchev–Trinajstić information content (AvgIpc) is 2.84. The minimum absolute atomic E-state index is 0.278. The highest BCUT2D eigenvalue weighted by Gasteiger charge is 2.06. The lowest BCUT2D eigenvalue weighted by atomic mass is 10.1. The molecule has 94 valence electrons. The van der Waals surface area contributed by atoms with Crippen molar-refractivity contribution in [3.05, 3.63) is 58.0 Å². The molecular weight excluding hydrogens is 298 g/mol. The van der Waals surface area contributed by atoms with E-state index in [-0.39, 0.29) is 5.56 Å². The monoisotopic (exact) mass is 309 g/mol. The number of furan rings is 1. The van der Waals surface area contributed by atoms with Gasteiger partial charge in [-0.2, -0.15) is 0 Å². The van der Waals surface area contributed by atoms with Crippen molar-refractivity contribution in [1.29, 1.82) is 0 Å². The summed E-state index contributed by atoms with van der Waals surface area (Å²) in [7, 11) is 0. The molecule has 0 aliphatic heterocycles. The van der Waals surface area contributed by atoms with E-state index in [4.69, 9.17) is 9.52 Å². The fraction of sp³-hybridized carbons (Fsp3) is 0.154. The second-order valence-electron chi connectivity index (χ2n) is 3.85. The Hall–Kier alpha value is -1.59. The Morgan fingerprint density at radius 3 is 2.78 bits per heavy atom. The number of carboxylic acid groups (broad SMARTS) is 1. The molecule has 0 unspecified atom stereocenters. The number of hydrogen-bond acceptors (Lipinski definition) is 3. The second kappa shape index (κ2) is 5.84. The number of halogens is 1. The van der Waals surface area contributed by atoms with Crippen LogP contribution >= 0.6 is 15.9 Å². The van der Waals surface area contributed by atoms with Crippen LogP contribution in [0.2, 0.25) is 0 Å². The van der Waals surface area contributed by atoms with E-state index in [2.05, 4.69) is 21.2 Å². The Balaban J connectivity index is 1.95. The molecule has 0 aliphatic rings. The molecule has 0 bridgehead atoms. The Labute approximate surface area is 113 Å². The van der Waals surface area contributed by atoms with Crippen molar-refractivity contribution in [2.24, 2.45) is 0 Å². The van der Waals surface area contributed by atoms with Crippen molar-refractivity contribution in [3.63, 3.8) is 0 Å². The summed E-state index contributed by atoms with van der Waals surface area (Å²) < 4.78 is 5.76. The van der Waals surface area contributed by atoms with Crippen LogP contribution in [-0.2, 0) is 13.1 Å². The third-order valence-electron chi connectivity index (χ3n) is 2.52. The number of aromatic carboxylic acids is 1. The highest BCUT2D eigenvalue weighted by molar-refractivity contribution is 9.10. The zero-order valence-electron chi connectivity index (χ0n) is 9.52. The highest BCUT2D eigenvalue weighted by atomic mass is 79.9. The lowest BCUT2D eigenvalue weighted by Crippen LogP contribution is -2.12. The van der Waals surface area contributed by atoms with Gasteiger partial charge in [0.25, 0.3) is 0 Å². The maximum Gasteiger partial charge on any atom is 0.335 e. The summed E-state index contributed by atoms with van der Waals surface area (Å²) in [6, 6.07) is 6.91. The molecule has 1 aromatic carbocycles. The molecule has 1 aromatic heterocycles. The van der Waals surface area contributed by atoms with Gasteiger partial charge in [0.05, 0.1) is 18.1 Å². The van der Waals surface area contributed by atoms with Gasteiger partial charge in [0, 0.05) is 23.1 Å². The largest absolute Gasteiger partial charge is 0.478 e. The van der Waals surface area contributed by atoms with E-state index in [9.17, 15) is 4.79 Å². The molecule has 2 aromatic rings. The normalized spacial score (nSPS) is 10.5. The molecule has 0 radical (unpaired) electrons. The van der Waals surface area contributed by atoms with Gasteiger partial charge >= 0.3 is 5.97 Å². The third kappa shape index (κ3) is 3.21. The lowest BCUT2D eigenvalue weighted by molar-refractivity contribution is 0.0697. The standard InChI is InChI=1S/C13H12BrNO3/c14-12-5-10(13(16)17)1-2-11(12)7-15-6-9-3-4-18-8-9/h1-5,8,15H,6-7H2,(H,16,17). The number of nitrogens with one attached hydrogen (secondary N) is 1. The number of rotatable bonds is 5. The van der Waals surface area contributed by atoms with E-state index in [0.29, 0.717) is 13.1 Å². The summed E-state index contributed by atoms with van der Waals surface area (Å²) in [5, 5.41) is 12.1. The smallest absolute Gasteiger partial charge is 0.335 e. The number of carbonyl (C=O) groups is 1. The maximum atomic E-state index is 10.8. The molecule has 2 rings (SSSR count). The summed E-state index contributed by atoms with van der Waals surface area (Å²) in [6.07, 6.45) is 3.32. The minimum Gasteiger partial charge on any atom is -0.478 e. The molecule has 0 atom stereocenters. The van der Waals surface area contributed by atoms with Gasteiger partial charge in [0.2, 0.25) is 0 Å². The van der Waals surface area contributed by atoms with Crippen molar-refractivity contribution in [3.8, 4) is 0 Å². The SMILES string of the molecule is O=C(O)c1ccc(CNCc2ccoc2)c(Br)c1. The maximum absolute atomic E-state index is 10.8. The van der Waals surface area contributed by atoms with Crippen LogP contribution in [0.5, 0.6) is 0 Å². The van der Waals surface area contributed by atoms with Crippen LogP contribution < -0.4 is 5.32 Å². The zero-order valence-corrected chi connectivity index (χ0v) is 11.1. The molecule has 0 amide bonds. The van der Waals surface area contributed by atoms with E-state index in [1.807, 2.05) is 6.07 Å². The van der Waals surface area contributed by atoms with Gasteiger partial charge in [-0.15, -0.1) is 0 Å². The zero-order chi connectivity index (χ0) is 13.0. The van der Waals surface area contributed by atoms with Crippen LogP contribution in [0, 0.1) is 0 Å². The minimum atomic E-state index is -0.923. The number of benzene rings is 1. The molecule has 1 heterocycles. The number of hydrogen-bond donors (Lipinski definition) is 2. The predicted molar refractivity (Wildman–Crippen MR) is 70.4 cm³/mol. The average molecular weight is 310 g/mol. The Kier molecular flexibility index (Phi) is 4.17. The van der Waals surface area contributed by atoms with Crippen molar-refractivity contribution >= 4 is 21.9 Å². The first-order chi connectivity index (χ1) is 8.66. The number of carboxylic acids is 1. The van der Waals surface area contributed by atoms with Crippen LogP contribution in [0.3, 0.4) is 0 Å². The Morgan fingerprint density at radius 2 is 2.17 bits per heavy atom. The fourth-order valence-electron chi connectivity index (χ4n) is 1.56. The molecule has 0 aliphatic carbocycles. The van der Waals surface area contributed by atoms with E-state index < -0.39 is 5.97 Å². The molecule has 0 saturated heterocycles. The summed E-state index contributed by atoms with van der Waals surface area (Å²) >= 11 is 3.37. The first-order valence-corrected chi connectivity index (χ1v) is 6.19. The van der Waals surface area contributed by atoms with E-state index in [0.717, 1.165) is 15.6 Å². The molecule has 2 N–H and O–H groups in total. The molecule has 0 spiro atoms. The predicted octanol–water partition coefficient (Wildman–Crippen LogP) is 3.03. The van der Waals surface area contributed by atoms with Gasteiger partial charge in [-0.05, 0) is 23.8 Å². The van der Waals surface area contributed by atoms with E-state index in [1.54, 1.807) is 30.7 Å². The highest BCUT2D eigenvalue weighted by Crippen LogP contribution is 2.18. The van der Waals surface area contributed by atoms with Crippen molar-refractivity contribution in [1.82, 2.24) is 5.32 Å². The molecule has 5 heteroatoms.